The fourth-order valence-electron chi connectivity index (χ4n) is 1.14. The Morgan fingerprint density at radius 3 is 2.50 bits per heavy atom. The predicted molar refractivity (Wildman–Crippen MR) is 70.2 cm³/mol. The van der Waals surface area contributed by atoms with E-state index in [0.717, 1.165) is 18.6 Å². The van der Waals surface area contributed by atoms with Crippen LogP contribution in [0.15, 0.2) is 36.5 Å². The Morgan fingerprint density at radius 1 is 1.11 bits per heavy atom. The fourth-order valence-corrected chi connectivity index (χ4v) is 1.14. The number of hydrogen-bond donors (Lipinski definition) is 1. The molecule has 0 heterocycles. The molecule has 0 bridgehead atoms. The van der Waals surface area contributed by atoms with Gasteiger partial charge in [-0.25, -0.2) is 9.59 Å². The van der Waals surface area contributed by atoms with Crippen LogP contribution in [0.1, 0.15) is 32.6 Å². The number of rotatable bonds is 9. The molecule has 0 aliphatic rings. The van der Waals surface area contributed by atoms with Crippen molar-refractivity contribution in [2.24, 2.45) is 0 Å². The van der Waals surface area contributed by atoms with E-state index in [1.807, 2.05) is 6.08 Å². The first kappa shape index (κ1) is 16.2. The summed E-state index contributed by atoms with van der Waals surface area (Å²) in [6, 6.07) is 0. The largest absolute Gasteiger partial charge is 0.478 e. The van der Waals surface area contributed by atoms with E-state index >= 15 is 0 Å². The van der Waals surface area contributed by atoms with Gasteiger partial charge in [0.1, 0.15) is 6.61 Å². The first-order valence-electron chi connectivity index (χ1n) is 6.06. The molecule has 0 unspecified atom stereocenters. The van der Waals surface area contributed by atoms with Crippen molar-refractivity contribution in [3.8, 4) is 0 Å². The number of carbonyl (C=O) groups excluding carboxylic acids is 1. The van der Waals surface area contributed by atoms with E-state index < -0.39 is 11.9 Å². The monoisotopic (exact) mass is 252 g/mol. The second-order valence-corrected chi connectivity index (χ2v) is 3.65. The summed E-state index contributed by atoms with van der Waals surface area (Å²) in [7, 11) is 0. The number of carboxylic acids is 1. The minimum atomic E-state index is -1.17. The standard InChI is InChI=1S/C14H20O4/c1-2-3-4-5-6-7-8-9-12-18-14(17)11-10-13(15)16/h6-11H,2-5,12H2,1H3,(H,15,16)/b7-6?,9-8?,11-10-. The molecular weight excluding hydrogens is 232 g/mol. The van der Waals surface area contributed by atoms with E-state index in [0.29, 0.717) is 0 Å². The molecular formula is C14H20O4. The van der Waals surface area contributed by atoms with Gasteiger partial charge in [0.05, 0.1) is 0 Å². The molecule has 100 valence electrons. The average Bonchev–Trinajstić information content (AvgIpc) is 2.34. The lowest BCUT2D eigenvalue weighted by molar-refractivity contribution is -0.137. The van der Waals surface area contributed by atoms with Crippen molar-refractivity contribution in [2.75, 3.05) is 6.61 Å². The number of ether oxygens (including phenoxy) is 1. The third-order valence-electron chi connectivity index (χ3n) is 2.04. The molecule has 18 heavy (non-hydrogen) atoms. The van der Waals surface area contributed by atoms with Gasteiger partial charge in [0, 0.05) is 12.2 Å². The Labute approximate surface area is 108 Å². The van der Waals surface area contributed by atoms with Gasteiger partial charge in [0.15, 0.2) is 0 Å². The number of aliphatic carboxylic acids is 1. The zero-order valence-electron chi connectivity index (χ0n) is 10.7. The second kappa shape index (κ2) is 11.6. The molecule has 0 aromatic carbocycles. The molecule has 0 rings (SSSR count). The van der Waals surface area contributed by atoms with Gasteiger partial charge in [-0.05, 0) is 18.9 Å². The van der Waals surface area contributed by atoms with Crippen molar-refractivity contribution in [3.05, 3.63) is 36.5 Å². The minimum Gasteiger partial charge on any atom is -0.478 e. The van der Waals surface area contributed by atoms with Crippen LogP contribution in [0.4, 0.5) is 0 Å². The normalized spacial score (nSPS) is 11.6. The van der Waals surface area contributed by atoms with Gasteiger partial charge >= 0.3 is 11.9 Å². The van der Waals surface area contributed by atoms with E-state index in [1.54, 1.807) is 12.2 Å². The van der Waals surface area contributed by atoms with Crippen LogP contribution in [0.25, 0.3) is 0 Å². The fraction of sp³-hybridized carbons (Fsp3) is 0.429. The van der Waals surface area contributed by atoms with Crippen molar-refractivity contribution in [1.29, 1.82) is 0 Å². The second-order valence-electron chi connectivity index (χ2n) is 3.65. The molecule has 0 spiro atoms. The Balaban J connectivity index is 3.58. The smallest absolute Gasteiger partial charge is 0.331 e. The number of esters is 1. The molecule has 0 saturated carbocycles. The third kappa shape index (κ3) is 12.2. The summed E-state index contributed by atoms with van der Waals surface area (Å²) >= 11 is 0. The third-order valence-corrected chi connectivity index (χ3v) is 2.04. The van der Waals surface area contributed by atoms with Crippen LogP contribution >= 0.6 is 0 Å². The zero-order chi connectivity index (χ0) is 13.6. The van der Waals surface area contributed by atoms with E-state index in [9.17, 15) is 9.59 Å². The van der Waals surface area contributed by atoms with Crippen LogP contribution in [-0.4, -0.2) is 23.7 Å². The van der Waals surface area contributed by atoms with Gasteiger partial charge in [-0.15, -0.1) is 0 Å². The Kier molecular flexibility index (Phi) is 10.4. The van der Waals surface area contributed by atoms with Gasteiger partial charge < -0.3 is 9.84 Å². The number of carboxylic acid groups (broad SMARTS) is 1. The number of allylic oxidation sites excluding steroid dienone is 3. The molecule has 4 heteroatoms. The molecule has 0 aliphatic heterocycles. The van der Waals surface area contributed by atoms with Crippen LogP contribution in [0.2, 0.25) is 0 Å². The molecule has 0 radical (unpaired) electrons. The number of unbranched alkanes of at least 4 members (excludes halogenated alkanes) is 3. The van der Waals surface area contributed by atoms with Gasteiger partial charge in [0.2, 0.25) is 0 Å². The van der Waals surface area contributed by atoms with Crippen molar-refractivity contribution in [1.82, 2.24) is 0 Å². The Bertz CT molecular complexity index is 327. The van der Waals surface area contributed by atoms with Gasteiger partial charge in [0.25, 0.3) is 0 Å². The summed E-state index contributed by atoms with van der Waals surface area (Å²) in [6.07, 6.45) is 13.8. The van der Waals surface area contributed by atoms with Gasteiger partial charge in [-0.3, -0.25) is 0 Å². The van der Waals surface area contributed by atoms with E-state index in [1.165, 1.54) is 19.3 Å². The highest BCUT2D eigenvalue weighted by Crippen LogP contribution is 1.99. The molecule has 1 N–H and O–H groups in total. The summed E-state index contributed by atoms with van der Waals surface area (Å²) in [6.45, 7) is 2.30. The molecule has 0 aromatic heterocycles. The summed E-state index contributed by atoms with van der Waals surface area (Å²) in [5.74, 6) is -1.83. The first-order chi connectivity index (χ1) is 8.66. The highest BCUT2D eigenvalue weighted by atomic mass is 16.5. The van der Waals surface area contributed by atoms with Crippen LogP contribution in [0.3, 0.4) is 0 Å². The summed E-state index contributed by atoms with van der Waals surface area (Å²) in [5, 5.41) is 8.27. The highest BCUT2D eigenvalue weighted by molar-refractivity contribution is 5.90. The van der Waals surface area contributed by atoms with Crippen LogP contribution in [-0.2, 0) is 14.3 Å². The van der Waals surface area contributed by atoms with E-state index in [-0.39, 0.29) is 6.61 Å². The molecule has 0 fully saturated rings. The van der Waals surface area contributed by atoms with Crippen LogP contribution in [0, 0.1) is 0 Å². The first-order valence-corrected chi connectivity index (χ1v) is 6.06. The number of hydrogen-bond acceptors (Lipinski definition) is 3. The quantitative estimate of drug-likeness (QED) is 0.296. The molecule has 0 aliphatic carbocycles. The predicted octanol–water partition coefficient (Wildman–Crippen LogP) is 2.86. The van der Waals surface area contributed by atoms with Crippen LogP contribution < -0.4 is 0 Å². The average molecular weight is 252 g/mol. The lowest BCUT2D eigenvalue weighted by atomic mass is 10.2. The molecule has 4 nitrogen and oxygen atoms in total. The van der Waals surface area contributed by atoms with Gasteiger partial charge in [-0.1, -0.05) is 38.0 Å². The lowest BCUT2D eigenvalue weighted by Gasteiger charge is -1.94. The van der Waals surface area contributed by atoms with E-state index in [2.05, 4.69) is 13.0 Å². The maximum atomic E-state index is 10.9. The maximum absolute atomic E-state index is 10.9. The summed E-state index contributed by atoms with van der Waals surface area (Å²) in [5.41, 5.74) is 0. The lowest BCUT2D eigenvalue weighted by Crippen LogP contribution is -2.01. The van der Waals surface area contributed by atoms with E-state index in [4.69, 9.17) is 9.84 Å². The van der Waals surface area contributed by atoms with Crippen LogP contribution in [0.5, 0.6) is 0 Å². The zero-order valence-corrected chi connectivity index (χ0v) is 10.7. The Morgan fingerprint density at radius 2 is 1.83 bits per heavy atom. The topological polar surface area (TPSA) is 63.6 Å². The molecule has 0 atom stereocenters. The van der Waals surface area contributed by atoms with Crippen molar-refractivity contribution >= 4 is 11.9 Å². The molecule has 0 aromatic rings. The minimum absolute atomic E-state index is 0.141. The molecule has 0 amide bonds. The van der Waals surface area contributed by atoms with Crippen molar-refractivity contribution in [3.63, 3.8) is 0 Å². The number of carbonyl (C=O) groups is 2. The highest BCUT2D eigenvalue weighted by Gasteiger charge is 1.95. The molecule has 0 saturated heterocycles. The van der Waals surface area contributed by atoms with Crippen molar-refractivity contribution in [2.45, 2.75) is 32.6 Å². The summed E-state index contributed by atoms with van der Waals surface area (Å²) < 4.78 is 4.73. The van der Waals surface area contributed by atoms with Gasteiger partial charge in [-0.2, -0.15) is 0 Å². The van der Waals surface area contributed by atoms with Crippen molar-refractivity contribution < 1.29 is 19.4 Å². The summed E-state index contributed by atoms with van der Waals surface area (Å²) in [4.78, 5) is 21.0. The SMILES string of the molecule is CCCCCC=CC=CCOC(=O)/C=C\C(=O)O. The maximum Gasteiger partial charge on any atom is 0.331 e. The Hall–Kier alpha value is -1.84.